The van der Waals surface area contributed by atoms with Crippen molar-refractivity contribution in [3.05, 3.63) is 35.9 Å². The fourth-order valence-electron chi connectivity index (χ4n) is 4.20. The lowest BCUT2D eigenvalue weighted by atomic mass is 9.87. The molecule has 4 nitrogen and oxygen atoms in total. The Morgan fingerprint density at radius 3 is 2.48 bits per heavy atom. The van der Waals surface area contributed by atoms with Gasteiger partial charge in [-0.2, -0.15) is 0 Å². The normalized spacial score (nSPS) is 25.7. The van der Waals surface area contributed by atoms with E-state index < -0.39 is 12.0 Å². The first-order valence-electron chi connectivity index (χ1n) is 9.35. The Morgan fingerprint density at radius 1 is 1.20 bits per heavy atom. The molecule has 1 aromatic rings. The van der Waals surface area contributed by atoms with Gasteiger partial charge in [0.15, 0.2) is 0 Å². The molecule has 1 heterocycles. The molecule has 2 fully saturated rings. The van der Waals surface area contributed by atoms with E-state index in [9.17, 15) is 14.7 Å². The number of nitrogens with zero attached hydrogens (tertiary/aromatic N) is 1. The van der Waals surface area contributed by atoms with Crippen molar-refractivity contribution in [2.75, 3.05) is 5.75 Å². The van der Waals surface area contributed by atoms with Crippen LogP contribution in [0.3, 0.4) is 0 Å². The quantitative estimate of drug-likeness (QED) is 0.857. The summed E-state index contributed by atoms with van der Waals surface area (Å²) in [4.78, 5) is 26.9. The molecule has 25 heavy (non-hydrogen) atoms. The van der Waals surface area contributed by atoms with Gasteiger partial charge in [-0.1, -0.05) is 56.5 Å². The average Bonchev–Trinajstić information content (AvgIpc) is 3.09. The van der Waals surface area contributed by atoms with Crippen LogP contribution in [0.5, 0.6) is 0 Å². The van der Waals surface area contributed by atoms with Crippen LogP contribution < -0.4 is 0 Å². The summed E-state index contributed by atoms with van der Waals surface area (Å²) in [6.07, 6.45) is 6.54. The van der Waals surface area contributed by atoms with Gasteiger partial charge in [0.05, 0.1) is 11.3 Å². The van der Waals surface area contributed by atoms with Gasteiger partial charge in [-0.15, -0.1) is 11.8 Å². The van der Waals surface area contributed by atoms with E-state index in [1.165, 1.54) is 19.3 Å². The molecule has 0 bridgehead atoms. The summed E-state index contributed by atoms with van der Waals surface area (Å²) >= 11 is 1.67. The predicted octanol–water partition coefficient (Wildman–Crippen LogP) is 4.12. The van der Waals surface area contributed by atoms with E-state index in [1.807, 2.05) is 37.3 Å². The first-order valence-corrected chi connectivity index (χ1v) is 10.4. The molecule has 1 saturated carbocycles. The number of carboxylic acids is 1. The maximum atomic E-state index is 13.4. The van der Waals surface area contributed by atoms with Crippen LogP contribution in [0.15, 0.2) is 30.3 Å². The number of amides is 1. The third-order valence-electron chi connectivity index (χ3n) is 5.54. The minimum absolute atomic E-state index is 0.0123. The van der Waals surface area contributed by atoms with E-state index in [0.717, 1.165) is 18.4 Å². The Morgan fingerprint density at radius 2 is 1.88 bits per heavy atom. The topological polar surface area (TPSA) is 57.6 Å². The van der Waals surface area contributed by atoms with Gasteiger partial charge in [0.2, 0.25) is 5.91 Å². The number of hydrogen-bond acceptors (Lipinski definition) is 3. The number of benzene rings is 1. The van der Waals surface area contributed by atoms with E-state index in [-0.39, 0.29) is 17.2 Å². The molecule has 0 radical (unpaired) electrons. The van der Waals surface area contributed by atoms with Crippen molar-refractivity contribution in [3.8, 4) is 0 Å². The molecule has 1 aliphatic heterocycles. The van der Waals surface area contributed by atoms with Gasteiger partial charge in [-0.3, -0.25) is 4.79 Å². The van der Waals surface area contributed by atoms with E-state index in [2.05, 4.69) is 0 Å². The number of rotatable bonds is 5. The Labute approximate surface area is 154 Å². The zero-order valence-electron chi connectivity index (χ0n) is 14.8. The van der Waals surface area contributed by atoms with Crippen LogP contribution in [0.4, 0.5) is 0 Å². The molecule has 5 heteroatoms. The summed E-state index contributed by atoms with van der Waals surface area (Å²) in [6, 6.07) is 9.08. The molecule has 0 spiro atoms. The third kappa shape index (κ3) is 3.86. The summed E-state index contributed by atoms with van der Waals surface area (Å²) in [6.45, 7) is 2.00. The molecule has 1 saturated heterocycles. The highest BCUT2D eigenvalue weighted by Gasteiger charge is 2.46. The molecule has 1 N–H and O–H groups in total. The predicted molar refractivity (Wildman–Crippen MR) is 101 cm³/mol. The van der Waals surface area contributed by atoms with Gasteiger partial charge in [-0.25, -0.2) is 4.79 Å². The fourth-order valence-corrected chi connectivity index (χ4v) is 5.84. The molecule has 136 valence electrons. The number of aliphatic carboxylic acids is 1. The van der Waals surface area contributed by atoms with E-state index >= 15 is 0 Å². The van der Waals surface area contributed by atoms with Crippen LogP contribution in [0.1, 0.15) is 56.9 Å². The highest BCUT2D eigenvalue weighted by Crippen LogP contribution is 2.42. The highest BCUT2D eigenvalue weighted by molar-refractivity contribution is 8.00. The molecule has 1 aliphatic carbocycles. The van der Waals surface area contributed by atoms with Crippen molar-refractivity contribution < 1.29 is 14.7 Å². The molecule has 3 unspecified atom stereocenters. The lowest BCUT2D eigenvalue weighted by molar-refractivity contribution is -0.150. The molecule has 3 rings (SSSR count). The Kier molecular flexibility index (Phi) is 6.05. The van der Waals surface area contributed by atoms with Crippen LogP contribution in [0.25, 0.3) is 0 Å². The van der Waals surface area contributed by atoms with Crippen molar-refractivity contribution in [2.24, 2.45) is 5.92 Å². The highest BCUT2D eigenvalue weighted by atomic mass is 32.2. The van der Waals surface area contributed by atoms with Gasteiger partial charge in [0.1, 0.15) is 6.04 Å². The van der Waals surface area contributed by atoms with Crippen LogP contribution in [0, 0.1) is 5.92 Å². The number of hydrogen-bond donors (Lipinski definition) is 1. The second-order valence-corrected chi connectivity index (χ2v) is 8.24. The van der Waals surface area contributed by atoms with E-state index in [1.54, 1.807) is 16.7 Å². The maximum absolute atomic E-state index is 13.4. The number of carbonyl (C=O) groups excluding carboxylic acids is 1. The summed E-state index contributed by atoms with van der Waals surface area (Å²) in [5, 5.41) is 9.69. The zero-order chi connectivity index (χ0) is 17.8. The summed E-state index contributed by atoms with van der Waals surface area (Å²) in [5.74, 6) is -0.204. The standard InChI is InChI=1S/C20H27NO3S/c1-2-16(14-9-5-3-6-10-14)18(22)21-17(20(23)24)13-25-19(21)15-11-7-4-8-12-15/h3,5-6,9-10,15-17,19H,2,4,7-8,11-13H2,1H3,(H,23,24). The molecule has 0 aromatic heterocycles. The summed E-state index contributed by atoms with van der Waals surface area (Å²) in [5.41, 5.74) is 0.985. The maximum Gasteiger partial charge on any atom is 0.327 e. The minimum Gasteiger partial charge on any atom is -0.480 e. The lowest BCUT2D eigenvalue weighted by Crippen LogP contribution is -2.49. The Balaban J connectivity index is 1.87. The van der Waals surface area contributed by atoms with Gasteiger partial charge >= 0.3 is 5.97 Å². The first kappa shape index (κ1) is 18.3. The van der Waals surface area contributed by atoms with E-state index in [4.69, 9.17) is 0 Å². The van der Waals surface area contributed by atoms with Gasteiger partial charge < -0.3 is 10.0 Å². The second kappa shape index (κ2) is 8.26. The molecule has 2 aliphatic rings. The van der Waals surface area contributed by atoms with Gasteiger partial charge in [0, 0.05) is 5.75 Å². The summed E-state index contributed by atoms with van der Waals surface area (Å²) in [7, 11) is 0. The second-order valence-electron chi connectivity index (χ2n) is 7.09. The fraction of sp³-hybridized carbons (Fsp3) is 0.600. The molecular weight excluding hydrogens is 334 g/mol. The van der Waals surface area contributed by atoms with Crippen LogP contribution in [-0.2, 0) is 9.59 Å². The van der Waals surface area contributed by atoms with Gasteiger partial charge in [0.25, 0.3) is 0 Å². The largest absolute Gasteiger partial charge is 0.480 e. The van der Waals surface area contributed by atoms with Gasteiger partial charge in [-0.05, 0) is 30.7 Å². The van der Waals surface area contributed by atoms with Crippen molar-refractivity contribution in [1.29, 1.82) is 0 Å². The Hall–Kier alpha value is -1.49. The molecular formula is C20H27NO3S. The lowest BCUT2D eigenvalue weighted by Gasteiger charge is -2.36. The summed E-state index contributed by atoms with van der Waals surface area (Å²) < 4.78 is 0. The smallest absolute Gasteiger partial charge is 0.327 e. The van der Waals surface area contributed by atoms with Crippen molar-refractivity contribution in [2.45, 2.75) is 62.8 Å². The SMILES string of the molecule is CCC(C(=O)N1C(C(=O)O)CSC1C1CCCCC1)c1ccccc1. The van der Waals surface area contributed by atoms with Crippen molar-refractivity contribution in [3.63, 3.8) is 0 Å². The van der Waals surface area contributed by atoms with Crippen LogP contribution >= 0.6 is 11.8 Å². The first-order chi connectivity index (χ1) is 12.1. The zero-order valence-corrected chi connectivity index (χ0v) is 15.6. The minimum atomic E-state index is -0.873. The molecule has 3 atom stereocenters. The Bertz CT molecular complexity index is 600. The molecule has 1 amide bonds. The van der Waals surface area contributed by atoms with E-state index in [0.29, 0.717) is 18.1 Å². The molecule has 1 aromatic carbocycles. The van der Waals surface area contributed by atoms with Crippen molar-refractivity contribution >= 4 is 23.6 Å². The van der Waals surface area contributed by atoms with Crippen LogP contribution in [0.2, 0.25) is 0 Å². The number of carbonyl (C=O) groups is 2. The third-order valence-corrected chi connectivity index (χ3v) is 7.00. The number of thioether (sulfide) groups is 1. The monoisotopic (exact) mass is 361 g/mol. The van der Waals surface area contributed by atoms with Crippen molar-refractivity contribution in [1.82, 2.24) is 4.90 Å². The van der Waals surface area contributed by atoms with Crippen LogP contribution in [-0.4, -0.2) is 39.1 Å². The average molecular weight is 362 g/mol. The number of carboxylic acid groups (broad SMARTS) is 1.